The van der Waals surface area contributed by atoms with E-state index in [2.05, 4.69) is 25.9 Å². The highest BCUT2D eigenvalue weighted by molar-refractivity contribution is 14.0. The molecule has 0 N–H and O–H groups in total. The van der Waals surface area contributed by atoms with Crippen LogP contribution in [0.25, 0.3) is 0 Å². The SMILES string of the molecule is CC[N+](C)(CC)CC([O-])=NCc1ccco1.I. The van der Waals surface area contributed by atoms with Crippen LogP contribution in [0.4, 0.5) is 0 Å². The van der Waals surface area contributed by atoms with Crippen molar-refractivity contribution >= 4 is 29.9 Å². The highest BCUT2D eigenvalue weighted by atomic mass is 127. The number of hydrogen-bond donors (Lipinski definition) is 0. The van der Waals surface area contributed by atoms with Gasteiger partial charge in [0.25, 0.3) is 0 Å². The molecule has 0 aromatic carbocycles. The van der Waals surface area contributed by atoms with Gasteiger partial charge in [-0.25, -0.2) is 0 Å². The van der Waals surface area contributed by atoms with E-state index in [0.717, 1.165) is 23.3 Å². The quantitative estimate of drug-likeness (QED) is 0.338. The molecule has 0 aliphatic heterocycles. The van der Waals surface area contributed by atoms with E-state index >= 15 is 0 Å². The van der Waals surface area contributed by atoms with Crippen LogP contribution in [0.2, 0.25) is 0 Å². The molecular weight excluding hydrogens is 331 g/mol. The summed E-state index contributed by atoms with van der Waals surface area (Å²) in [6, 6.07) is 3.62. The van der Waals surface area contributed by atoms with Crippen molar-refractivity contribution in [3.8, 4) is 0 Å². The minimum Gasteiger partial charge on any atom is -0.858 e. The van der Waals surface area contributed by atoms with E-state index in [9.17, 15) is 5.11 Å². The standard InChI is InChI=1S/C12H20N2O2.HI/c1-4-14(3,5-2)10-12(15)13-9-11-7-6-8-16-11;/h6-8H,4-5,9-10H2,1-3H3;1H. The largest absolute Gasteiger partial charge is 0.858 e. The zero-order valence-corrected chi connectivity index (χ0v) is 13.0. The van der Waals surface area contributed by atoms with Crippen molar-refractivity contribution in [3.63, 3.8) is 0 Å². The Kier molecular flexibility index (Phi) is 7.45. The summed E-state index contributed by atoms with van der Waals surface area (Å²) in [5.41, 5.74) is 0. The molecule has 1 aromatic rings. The maximum absolute atomic E-state index is 11.6. The third-order valence-corrected chi connectivity index (χ3v) is 3.04. The van der Waals surface area contributed by atoms with Crippen molar-refractivity contribution in [2.24, 2.45) is 4.99 Å². The van der Waals surface area contributed by atoms with Crippen LogP contribution in [0.15, 0.2) is 27.8 Å². The molecule has 0 saturated carbocycles. The Labute approximate surface area is 120 Å². The minimum absolute atomic E-state index is 0. The molecule has 1 heterocycles. The predicted octanol–water partition coefficient (Wildman–Crippen LogP) is 1.64. The summed E-state index contributed by atoms with van der Waals surface area (Å²) in [5.74, 6) is 0.679. The van der Waals surface area contributed by atoms with Crippen molar-refractivity contribution in [1.29, 1.82) is 0 Å². The molecule has 0 saturated heterocycles. The van der Waals surface area contributed by atoms with Gasteiger partial charge < -0.3 is 14.0 Å². The fraction of sp³-hybridized carbons (Fsp3) is 0.583. The topological polar surface area (TPSA) is 48.6 Å². The van der Waals surface area contributed by atoms with Gasteiger partial charge in [0.2, 0.25) is 0 Å². The summed E-state index contributed by atoms with van der Waals surface area (Å²) in [5, 5.41) is 11.6. The van der Waals surface area contributed by atoms with Gasteiger partial charge >= 0.3 is 0 Å². The number of furan rings is 1. The number of rotatable bonds is 6. The lowest BCUT2D eigenvalue weighted by Crippen LogP contribution is -2.50. The molecule has 0 amide bonds. The second-order valence-corrected chi connectivity index (χ2v) is 4.20. The fourth-order valence-electron chi connectivity index (χ4n) is 1.39. The van der Waals surface area contributed by atoms with Crippen LogP contribution < -0.4 is 5.11 Å². The van der Waals surface area contributed by atoms with Crippen LogP contribution in [0.3, 0.4) is 0 Å². The molecule has 1 aromatic heterocycles. The van der Waals surface area contributed by atoms with Gasteiger partial charge in [0.1, 0.15) is 12.3 Å². The third kappa shape index (κ3) is 5.54. The number of hydrogen-bond acceptors (Lipinski definition) is 3. The number of nitrogens with zero attached hydrogens (tertiary/aromatic N) is 2. The first-order chi connectivity index (χ1) is 7.59. The van der Waals surface area contributed by atoms with E-state index < -0.39 is 0 Å². The minimum atomic E-state index is -0.0531. The van der Waals surface area contributed by atoms with Crippen LogP contribution >= 0.6 is 24.0 Å². The van der Waals surface area contributed by atoms with Crippen LogP contribution in [-0.4, -0.2) is 37.1 Å². The van der Waals surface area contributed by atoms with Gasteiger partial charge in [-0.3, -0.25) is 4.99 Å². The first-order valence-electron chi connectivity index (χ1n) is 5.66. The molecule has 0 spiro atoms. The van der Waals surface area contributed by atoms with Gasteiger partial charge in [-0.2, -0.15) is 0 Å². The summed E-state index contributed by atoms with van der Waals surface area (Å²) in [7, 11) is 2.07. The number of likely N-dealkylation sites (N-methyl/N-ethyl adjacent to an activating group) is 1. The van der Waals surface area contributed by atoms with Crippen molar-refractivity contribution < 1.29 is 14.0 Å². The van der Waals surface area contributed by atoms with Crippen LogP contribution in [0.5, 0.6) is 0 Å². The van der Waals surface area contributed by atoms with Gasteiger partial charge in [0.05, 0.1) is 32.9 Å². The smallest absolute Gasteiger partial charge is 0.125 e. The normalized spacial score (nSPS) is 12.3. The summed E-state index contributed by atoms with van der Waals surface area (Å²) < 4.78 is 5.85. The lowest BCUT2D eigenvalue weighted by molar-refractivity contribution is -0.899. The Bertz CT molecular complexity index is 332. The zero-order chi connectivity index (χ0) is 12.0. The van der Waals surface area contributed by atoms with Gasteiger partial charge in [0, 0.05) is 5.90 Å². The molecule has 0 bridgehead atoms. The summed E-state index contributed by atoms with van der Waals surface area (Å²) in [4.78, 5) is 4.00. The maximum atomic E-state index is 11.6. The molecule has 17 heavy (non-hydrogen) atoms. The van der Waals surface area contributed by atoms with Crippen molar-refractivity contribution in [1.82, 2.24) is 0 Å². The monoisotopic (exact) mass is 352 g/mol. The third-order valence-electron chi connectivity index (χ3n) is 3.04. The number of aliphatic imine (C=N–C) groups is 1. The van der Waals surface area contributed by atoms with Crippen molar-refractivity contribution in [2.45, 2.75) is 20.4 Å². The number of halogens is 1. The molecule has 1 rings (SSSR count). The van der Waals surface area contributed by atoms with Crippen LogP contribution in [0.1, 0.15) is 19.6 Å². The Morgan fingerprint density at radius 2 is 2.06 bits per heavy atom. The van der Waals surface area contributed by atoms with Crippen molar-refractivity contribution in [2.75, 3.05) is 26.7 Å². The van der Waals surface area contributed by atoms with Crippen LogP contribution in [-0.2, 0) is 6.54 Å². The molecule has 5 heteroatoms. The van der Waals surface area contributed by atoms with E-state index in [0.29, 0.717) is 13.1 Å². The van der Waals surface area contributed by atoms with Gasteiger partial charge in [-0.1, -0.05) is 0 Å². The lowest BCUT2D eigenvalue weighted by atomic mass is 10.4. The summed E-state index contributed by atoms with van der Waals surface area (Å²) >= 11 is 0. The Morgan fingerprint density at radius 3 is 2.53 bits per heavy atom. The lowest BCUT2D eigenvalue weighted by Gasteiger charge is -2.34. The molecule has 0 radical (unpaired) electrons. The first-order valence-corrected chi connectivity index (χ1v) is 5.66. The van der Waals surface area contributed by atoms with E-state index in [1.807, 2.05) is 6.07 Å². The molecule has 0 unspecified atom stereocenters. The van der Waals surface area contributed by atoms with E-state index in [1.54, 1.807) is 12.3 Å². The van der Waals surface area contributed by atoms with Crippen LogP contribution in [0, 0.1) is 0 Å². The first kappa shape index (κ1) is 16.4. The maximum Gasteiger partial charge on any atom is 0.125 e. The molecular formula is C12H21IN2O2. The molecule has 0 atom stereocenters. The Hall–Kier alpha value is -0.560. The molecule has 0 aliphatic carbocycles. The van der Waals surface area contributed by atoms with Gasteiger partial charge in [-0.05, 0) is 26.0 Å². The second kappa shape index (κ2) is 7.71. The molecule has 98 valence electrons. The van der Waals surface area contributed by atoms with Crippen molar-refractivity contribution in [3.05, 3.63) is 24.2 Å². The summed E-state index contributed by atoms with van der Waals surface area (Å²) in [6.45, 7) is 6.87. The summed E-state index contributed by atoms with van der Waals surface area (Å²) in [6.07, 6.45) is 1.59. The highest BCUT2D eigenvalue weighted by Gasteiger charge is 2.15. The van der Waals surface area contributed by atoms with E-state index in [4.69, 9.17) is 4.42 Å². The highest BCUT2D eigenvalue weighted by Crippen LogP contribution is 2.03. The predicted molar refractivity (Wildman–Crippen MR) is 77.4 cm³/mol. The average molecular weight is 352 g/mol. The van der Waals surface area contributed by atoms with E-state index in [1.165, 1.54) is 0 Å². The number of quaternary nitrogens is 1. The van der Waals surface area contributed by atoms with Gasteiger partial charge in [0.15, 0.2) is 0 Å². The average Bonchev–Trinajstić information content (AvgIpc) is 2.79. The molecule has 0 aliphatic rings. The van der Waals surface area contributed by atoms with E-state index in [-0.39, 0.29) is 29.9 Å². The molecule has 4 nitrogen and oxygen atoms in total. The molecule has 0 fully saturated rings. The second-order valence-electron chi connectivity index (χ2n) is 4.20. The Morgan fingerprint density at radius 1 is 1.41 bits per heavy atom. The van der Waals surface area contributed by atoms with Gasteiger partial charge in [-0.15, -0.1) is 24.0 Å². The fourth-order valence-corrected chi connectivity index (χ4v) is 1.39. The Balaban J connectivity index is 0.00000256. The zero-order valence-electron chi connectivity index (χ0n) is 10.7.